The zero-order valence-corrected chi connectivity index (χ0v) is 15.1. The van der Waals surface area contributed by atoms with Gasteiger partial charge in [-0.05, 0) is 38.8 Å². The van der Waals surface area contributed by atoms with Crippen molar-refractivity contribution < 1.29 is 9.53 Å². The van der Waals surface area contributed by atoms with Crippen LogP contribution in [0, 0.1) is 0 Å². The number of benzene rings is 1. The molecule has 1 N–H and O–H groups in total. The topological polar surface area (TPSA) is 73.2 Å². The van der Waals surface area contributed by atoms with Crippen molar-refractivity contribution in [3.05, 3.63) is 46.9 Å². The molecular formula is C18H21N3O3S. The first-order chi connectivity index (χ1) is 12.1. The number of thioether (sulfide) groups is 1. The molecule has 0 spiro atoms. The normalized spacial score (nSPS) is 14.8. The molecule has 1 aliphatic carbocycles. The molecule has 1 heterocycles. The molecule has 0 bridgehead atoms. The highest BCUT2D eigenvalue weighted by Gasteiger charge is 2.27. The molecule has 132 valence electrons. The van der Waals surface area contributed by atoms with E-state index in [4.69, 9.17) is 4.74 Å². The number of aromatic nitrogens is 2. The Kier molecular flexibility index (Phi) is 5.43. The smallest absolute Gasteiger partial charge is 0.273 e. The molecule has 1 fully saturated rings. The third kappa shape index (κ3) is 4.42. The first-order valence-corrected chi connectivity index (χ1v) is 9.25. The molecule has 2 aromatic rings. The van der Waals surface area contributed by atoms with Crippen LogP contribution in [0.4, 0.5) is 5.69 Å². The van der Waals surface area contributed by atoms with Crippen LogP contribution < -0.4 is 15.6 Å². The van der Waals surface area contributed by atoms with Gasteiger partial charge in [-0.15, -0.1) is 0 Å². The van der Waals surface area contributed by atoms with Crippen LogP contribution in [0.3, 0.4) is 0 Å². The first kappa shape index (κ1) is 17.5. The number of hydrogen-bond acceptors (Lipinski definition) is 5. The molecule has 0 saturated heterocycles. The minimum atomic E-state index is -0.394. The molecule has 1 atom stereocenters. The fourth-order valence-corrected chi connectivity index (χ4v) is 3.37. The van der Waals surface area contributed by atoms with Crippen LogP contribution in [0.5, 0.6) is 5.75 Å². The lowest BCUT2D eigenvalue weighted by Gasteiger charge is -2.16. The van der Waals surface area contributed by atoms with E-state index in [1.807, 2.05) is 29.7 Å². The second-order valence-corrected chi connectivity index (χ2v) is 7.17. The van der Waals surface area contributed by atoms with E-state index in [9.17, 15) is 9.59 Å². The average Bonchev–Trinajstić information content (AvgIpc) is 3.42. The Balaban J connectivity index is 1.71. The predicted octanol–water partition coefficient (Wildman–Crippen LogP) is 3.10. The minimum absolute atomic E-state index is 0.155. The highest BCUT2D eigenvalue weighted by atomic mass is 32.2. The maximum Gasteiger partial charge on any atom is 0.273 e. The van der Waals surface area contributed by atoms with E-state index in [2.05, 4.69) is 10.3 Å². The molecular weight excluding hydrogens is 338 g/mol. The standard InChI is InChI=1S/C18H21N3O3S/c1-3-24-15-7-5-4-6-14(15)19-17(23)12(2)25-18-20-16(22)10-11-21(18)13-8-9-13/h4-7,10-13H,3,8-9H2,1-2H3,(H,19,23). The molecule has 1 unspecified atom stereocenters. The van der Waals surface area contributed by atoms with Crippen molar-refractivity contribution in [2.24, 2.45) is 0 Å². The highest BCUT2D eigenvalue weighted by Crippen LogP contribution is 2.37. The summed E-state index contributed by atoms with van der Waals surface area (Å²) in [6.45, 7) is 4.23. The summed E-state index contributed by atoms with van der Waals surface area (Å²) >= 11 is 1.30. The summed E-state index contributed by atoms with van der Waals surface area (Å²) < 4.78 is 7.52. The largest absolute Gasteiger partial charge is 0.492 e. The zero-order chi connectivity index (χ0) is 17.8. The average molecular weight is 359 g/mol. The van der Waals surface area contributed by atoms with Gasteiger partial charge in [-0.3, -0.25) is 9.59 Å². The van der Waals surface area contributed by atoms with E-state index in [1.165, 1.54) is 17.8 Å². The number of nitrogens with zero attached hydrogens (tertiary/aromatic N) is 2. The Labute approximate surface area is 150 Å². The van der Waals surface area contributed by atoms with Crippen LogP contribution in [-0.4, -0.2) is 27.3 Å². The van der Waals surface area contributed by atoms with Crippen LogP contribution >= 0.6 is 11.8 Å². The van der Waals surface area contributed by atoms with E-state index >= 15 is 0 Å². The summed E-state index contributed by atoms with van der Waals surface area (Å²) in [4.78, 5) is 28.2. The third-order valence-electron chi connectivity index (χ3n) is 3.84. The molecule has 1 aromatic heterocycles. The van der Waals surface area contributed by atoms with E-state index in [-0.39, 0.29) is 11.5 Å². The number of hydrogen-bond donors (Lipinski definition) is 1. The van der Waals surface area contributed by atoms with Crippen LogP contribution in [0.2, 0.25) is 0 Å². The zero-order valence-electron chi connectivity index (χ0n) is 14.3. The SMILES string of the molecule is CCOc1ccccc1NC(=O)C(C)Sc1nc(=O)ccn1C1CC1. The van der Waals surface area contributed by atoms with Crippen molar-refractivity contribution in [1.29, 1.82) is 0 Å². The molecule has 1 amide bonds. The van der Waals surface area contributed by atoms with Crippen molar-refractivity contribution in [3.63, 3.8) is 0 Å². The lowest BCUT2D eigenvalue weighted by molar-refractivity contribution is -0.115. The van der Waals surface area contributed by atoms with E-state index in [0.717, 1.165) is 12.8 Å². The molecule has 0 radical (unpaired) electrons. The fraction of sp³-hybridized carbons (Fsp3) is 0.389. The molecule has 0 aliphatic heterocycles. The number of anilines is 1. The molecule has 6 nitrogen and oxygen atoms in total. The van der Waals surface area contributed by atoms with Gasteiger partial charge < -0.3 is 14.6 Å². The Hall–Kier alpha value is -2.28. The maximum atomic E-state index is 12.6. The maximum absolute atomic E-state index is 12.6. The quantitative estimate of drug-likeness (QED) is 0.607. The number of carbonyl (C=O) groups is 1. The van der Waals surface area contributed by atoms with Gasteiger partial charge in [-0.2, -0.15) is 4.98 Å². The predicted molar refractivity (Wildman–Crippen MR) is 98.3 cm³/mol. The van der Waals surface area contributed by atoms with Crippen molar-refractivity contribution in [3.8, 4) is 5.75 Å². The van der Waals surface area contributed by atoms with Gasteiger partial charge in [0, 0.05) is 18.3 Å². The summed E-state index contributed by atoms with van der Waals surface area (Å²) in [5.74, 6) is 0.487. The fourth-order valence-electron chi connectivity index (χ4n) is 2.41. The van der Waals surface area contributed by atoms with Crippen molar-refractivity contribution in [2.75, 3.05) is 11.9 Å². The number of nitrogens with one attached hydrogen (secondary N) is 1. The van der Waals surface area contributed by atoms with Gasteiger partial charge in [-0.25, -0.2) is 0 Å². The second-order valence-electron chi connectivity index (χ2n) is 5.87. The number of para-hydroxylation sites is 2. The Morgan fingerprint density at radius 1 is 1.40 bits per heavy atom. The van der Waals surface area contributed by atoms with Gasteiger partial charge in [0.1, 0.15) is 5.75 Å². The van der Waals surface area contributed by atoms with Gasteiger partial charge in [0.2, 0.25) is 5.91 Å². The van der Waals surface area contributed by atoms with Gasteiger partial charge in [0.05, 0.1) is 17.5 Å². The number of carbonyl (C=O) groups excluding carboxylic acids is 1. The van der Waals surface area contributed by atoms with Crippen LogP contribution in [0.15, 0.2) is 46.5 Å². The monoisotopic (exact) mass is 359 g/mol. The minimum Gasteiger partial charge on any atom is -0.492 e. The van der Waals surface area contributed by atoms with Crippen molar-refractivity contribution >= 4 is 23.4 Å². The van der Waals surface area contributed by atoms with Gasteiger partial charge >= 0.3 is 0 Å². The summed E-state index contributed by atoms with van der Waals surface area (Å²) in [6, 6.07) is 9.19. The van der Waals surface area contributed by atoms with E-state index in [1.54, 1.807) is 19.2 Å². The van der Waals surface area contributed by atoms with Crippen LogP contribution in [0.25, 0.3) is 0 Å². The summed E-state index contributed by atoms with van der Waals surface area (Å²) in [5.41, 5.74) is 0.358. The third-order valence-corrected chi connectivity index (χ3v) is 4.92. The number of rotatable bonds is 7. The number of ether oxygens (including phenoxy) is 1. The van der Waals surface area contributed by atoms with Gasteiger partial charge in [0.15, 0.2) is 5.16 Å². The van der Waals surface area contributed by atoms with Gasteiger partial charge in [-0.1, -0.05) is 23.9 Å². The molecule has 1 aromatic carbocycles. The van der Waals surface area contributed by atoms with E-state index < -0.39 is 5.25 Å². The molecule has 1 saturated carbocycles. The van der Waals surface area contributed by atoms with Crippen molar-refractivity contribution in [1.82, 2.24) is 9.55 Å². The second kappa shape index (κ2) is 7.74. The van der Waals surface area contributed by atoms with Crippen LogP contribution in [0.1, 0.15) is 32.7 Å². The summed E-state index contributed by atoms with van der Waals surface area (Å²) in [6.07, 6.45) is 3.94. The first-order valence-electron chi connectivity index (χ1n) is 8.37. The molecule has 25 heavy (non-hydrogen) atoms. The van der Waals surface area contributed by atoms with Crippen molar-refractivity contribution in [2.45, 2.75) is 43.1 Å². The summed E-state index contributed by atoms with van der Waals surface area (Å²) in [5, 5.41) is 3.09. The lowest BCUT2D eigenvalue weighted by Crippen LogP contribution is -2.24. The Bertz CT molecular complexity index is 817. The Morgan fingerprint density at radius 3 is 2.88 bits per heavy atom. The van der Waals surface area contributed by atoms with Crippen LogP contribution in [-0.2, 0) is 4.79 Å². The molecule has 7 heteroatoms. The molecule has 1 aliphatic rings. The van der Waals surface area contributed by atoms with E-state index in [0.29, 0.717) is 29.2 Å². The lowest BCUT2D eigenvalue weighted by atomic mass is 10.3. The highest BCUT2D eigenvalue weighted by molar-refractivity contribution is 8.00. The number of amides is 1. The summed E-state index contributed by atoms with van der Waals surface area (Å²) in [7, 11) is 0. The van der Waals surface area contributed by atoms with Gasteiger partial charge in [0.25, 0.3) is 5.56 Å². The Morgan fingerprint density at radius 2 is 2.16 bits per heavy atom. The molecule has 3 rings (SSSR count).